The van der Waals surface area contributed by atoms with Crippen molar-refractivity contribution in [1.29, 1.82) is 0 Å². The van der Waals surface area contributed by atoms with E-state index in [2.05, 4.69) is 4.52 Å². The van der Waals surface area contributed by atoms with Crippen LogP contribution in [-0.4, -0.2) is 62.5 Å². The fourth-order valence-corrected chi connectivity index (χ4v) is 1.15. The molecule has 13 heteroatoms. The molecule has 5 N–H and O–H groups in total. The van der Waals surface area contributed by atoms with E-state index in [1.54, 1.807) is 0 Å². The van der Waals surface area contributed by atoms with Gasteiger partial charge >= 0.3 is 109 Å². The van der Waals surface area contributed by atoms with Crippen LogP contribution in [0, 0.1) is 0 Å². The topological polar surface area (TPSA) is 191 Å². The standard InChI is InChI=1S/C6H13O10P.2K/c7-1-2(8)3(9)4(10)5(11)6(12)16-17(13,14)15;;/h2-5,7-11H,1H2,(H2,13,14,15);;/q;2*+1/p-2. The average molecular weight is 352 g/mol. The number of hydrogen-bond donors (Lipinski definition) is 5. The molecule has 0 heterocycles. The van der Waals surface area contributed by atoms with Crippen LogP contribution in [0.2, 0.25) is 0 Å². The first-order valence-electron chi connectivity index (χ1n) is 4.18. The van der Waals surface area contributed by atoms with E-state index in [0.717, 1.165) is 0 Å². The summed E-state index contributed by atoms with van der Waals surface area (Å²) in [6.07, 6.45) is -8.92. The SMILES string of the molecule is O=C(OP(=O)([O-])[O-])C(O)C(O)C(O)C(O)CO.[K+].[K+]. The normalized spacial score (nSPS) is 17.2. The summed E-state index contributed by atoms with van der Waals surface area (Å²) in [5, 5.41) is 44.4. The molecule has 0 aliphatic heterocycles. The van der Waals surface area contributed by atoms with Gasteiger partial charge in [-0.25, -0.2) is 4.79 Å². The zero-order valence-electron chi connectivity index (χ0n) is 10.2. The Morgan fingerprint density at radius 3 is 1.84 bits per heavy atom. The van der Waals surface area contributed by atoms with Crippen molar-refractivity contribution in [2.45, 2.75) is 24.4 Å². The van der Waals surface area contributed by atoms with Gasteiger partial charge in [0.15, 0.2) is 6.10 Å². The van der Waals surface area contributed by atoms with Crippen molar-refractivity contribution in [3.8, 4) is 0 Å². The zero-order chi connectivity index (χ0) is 13.8. The smallest absolute Gasteiger partial charge is 0.780 e. The Kier molecular flexibility index (Phi) is 17.0. The molecule has 4 atom stereocenters. The van der Waals surface area contributed by atoms with Gasteiger partial charge in [-0.05, 0) is 0 Å². The number of phosphoric acid groups is 1. The molecule has 10 nitrogen and oxygen atoms in total. The predicted octanol–water partition coefficient (Wildman–Crippen LogP) is -11.2. The van der Waals surface area contributed by atoms with Gasteiger partial charge in [0.25, 0.3) is 0 Å². The number of aliphatic hydroxyl groups excluding tert-OH is 5. The number of carbonyl (C=O) groups is 1. The maximum Gasteiger partial charge on any atom is 1.00 e. The Balaban J connectivity index is -0.00000128. The Morgan fingerprint density at radius 2 is 1.53 bits per heavy atom. The maximum atomic E-state index is 10.8. The van der Waals surface area contributed by atoms with Crippen LogP contribution in [0.25, 0.3) is 0 Å². The number of carbonyl (C=O) groups excluding carboxylic acids is 1. The number of rotatable bonds is 6. The van der Waals surface area contributed by atoms with Crippen LogP contribution in [0.3, 0.4) is 0 Å². The minimum atomic E-state index is -5.69. The largest absolute Gasteiger partial charge is 1.00 e. The molecule has 4 unspecified atom stereocenters. The second kappa shape index (κ2) is 12.2. The van der Waals surface area contributed by atoms with Crippen LogP contribution >= 0.6 is 7.82 Å². The molecule has 0 aromatic rings. The fraction of sp³-hybridized carbons (Fsp3) is 0.833. The van der Waals surface area contributed by atoms with Gasteiger partial charge < -0.3 is 44.4 Å². The fourth-order valence-electron chi connectivity index (χ4n) is 0.826. The van der Waals surface area contributed by atoms with Crippen molar-refractivity contribution >= 4 is 13.8 Å². The Hall–Kier alpha value is 2.69. The van der Waals surface area contributed by atoms with Crippen molar-refractivity contribution in [1.82, 2.24) is 0 Å². The van der Waals surface area contributed by atoms with E-state index >= 15 is 0 Å². The van der Waals surface area contributed by atoms with E-state index in [1.807, 2.05) is 0 Å². The van der Waals surface area contributed by atoms with Crippen molar-refractivity contribution in [3.05, 3.63) is 0 Å². The first kappa shape index (κ1) is 26.6. The minimum absolute atomic E-state index is 0. The van der Waals surface area contributed by atoms with Gasteiger partial charge in [-0.2, -0.15) is 0 Å². The molecular weight excluding hydrogens is 341 g/mol. The van der Waals surface area contributed by atoms with Crippen molar-refractivity contribution in [3.63, 3.8) is 0 Å². The van der Waals surface area contributed by atoms with E-state index in [0.29, 0.717) is 0 Å². The molecule has 0 bridgehead atoms. The Morgan fingerprint density at radius 1 is 1.11 bits per heavy atom. The van der Waals surface area contributed by atoms with Crippen molar-refractivity contribution in [2.24, 2.45) is 0 Å². The van der Waals surface area contributed by atoms with Crippen LogP contribution in [0.1, 0.15) is 0 Å². The maximum absolute atomic E-state index is 10.8. The quantitative estimate of drug-likeness (QED) is 0.226. The van der Waals surface area contributed by atoms with Gasteiger partial charge in [-0.1, -0.05) is 0 Å². The first-order valence-corrected chi connectivity index (χ1v) is 5.65. The third-order valence-corrected chi connectivity index (χ3v) is 2.10. The number of phosphoric ester groups is 1. The Labute approximate surface area is 193 Å². The molecule has 0 aliphatic rings. The van der Waals surface area contributed by atoms with Gasteiger partial charge in [-0.3, -0.25) is 0 Å². The van der Waals surface area contributed by atoms with Gasteiger partial charge in [0.05, 0.1) is 6.61 Å². The summed E-state index contributed by atoms with van der Waals surface area (Å²) in [5.74, 6) is -2.00. The molecule has 0 spiro atoms. The Bertz CT molecular complexity index is 308. The van der Waals surface area contributed by atoms with E-state index in [9.17, 15) is 19.1 Å². The average Bonchev–Trinajstić information content (AvgIpc) is 2.22. The zero-order valence-corrected chi connectivity index (χ0v) is 17.4. The second-order valence-corrected chi connectivity index (χ2v) is 4.11. The van der Waals surface area contributed by atoms with E-state index < -0.39 is 44.8 Å². The summed E-state index contributed by atoms with van der Waals surface area (Å²) < 4.78 is 13.2. The minimum Gasteiger partial charge on any atom is -0.780 e. The molecule has 0 rings (SSSR count). The summed E-state index contributed by atoms with van der Waals surface area (Å²) in [4.78, 5) is 30.8. The van der Waals surface area contributed by atoms with E-state index in [4.69, 9.17) is 25.5 Å². The summed E-state index contributed by atoms with van der Waals surface area (Å²) in [6.45, 7) is -0.985. The van der Waals surface area contributed by atoms with Gasteiger partial charge in [0, 0.05) is 0 Å². The van der Waals surface area contributed by atoms with Crippen molar-refractivity contribution in [2.75, 3.05) is 6.61 Å². The van der Waals surface area contributed by atoms with Gasteiger partial charge in [-0.15, -0.1) is 0 Å². The monoisotopic (exact) mass is 352 g/mol. The third-order valence-electron chi connectivity index (χ3n) is 1.70. The molecule has 0 aliphatic carbocycles. The van der Waals surface area contributed by atoms with E-state index in [-0.39, 0.29) is 103 Å². The molecule has 0 saturated heterocycles. The van der Waals surface area contributed by atoms with Gasteiger partial charge in [0.1, 0.15) is 26.1 Å². The second-order valence-electron chi connectivity index (χ2n) is 3.03. The van der Waals surface area contributed by atoms with Crippen LogP contribution in [0.15, 0.2) is 0 Å². The summed E-state index contributed by atoms with van der Waals surface area (Å²) in [5.41, 5.74) is 0. The first-order chi connectivity index (χ1) is 7.60. The molecule has 0 radical (unpaired) electrons. The summed E-state index contributed by atoms with van der Waals surface area (Å²) in [6, 6.07) is 0. The third kappa shape index (κ3) is 11.0. The predicted molar refractivity (Wildman–Crippen MR) is 44.8 cm³/mol. The molecule has 0 fully saturated rings. The van der Waals surface area contributed by atoms with E-state index in [1.165, 1.54) is 0 Å². The molecule has 19 heavy (non-hydrogen) atoms. The molecule has 102 valence electrons. The summed E-state index contributed by atoms with van der Waals surface area (Å²) in [7, 11) is -5.69. The van der Waals surface area contributed by atoms with Crippen LogP contribution < -0.4 is 113 Å². The number of aliphatic hydroxyl groups is 5. The molecule has 0 saturated carbocycles. The molecule has 0 aromatic carbocycles. The molecule has 0 aromatic heterocycles. The number of hydrogen-bond acceptors (Lipinski definition) is 10. The van der Waals surface area contributed by atoms with Crippen molar-refractivity contribution < 1.29 is 152 Å². The van der Waals surface area contributed by atoms with Gasteiger partial charge in [0.2, 0.25) is 0 Å². The van der Waals surface area contributed by atoms with Crippen LogP contribution in [0.4, 0.5) is 0 Å². The van der Waals surface area contributed by atoms with Crippen LogP contribution in [-0.2, 0) is 13.9 Å². The van der Waals surface area contributed by atoms with Crippen LogP contribution in [0.5, 0.6) is 0 Å². The molecule has 0 amide bonds. The summed E-state index contributed by atoms with van der Waals surface area (Å²) >= 11 is 0. The molecular formula is C6H11K2O10P.